The summed E-state index contributed by atoms with van der Waals surface area (Å²) in [6, 6.07) is 8.89. The Hall–Kier alpha value is -1.32. The molecular formula is C17H23NOS. The maximum Gasteiger partial charge on any atom is 0.124 e. The molecule has 0 aliphatic carbocycles. The molecule has 0 fully saturated rings. The van der Waals surface area contributed by atoms with Gasteiger partial charge in [-0.1, -0.05) is 24.6 Å². The molecule has 0 saturated heterocycles. The van der Waals surface area contributed by atoms with Gasteiger partial charge in [-0.2, -0.15) is 11.3 Å². The molecule has 1 aromatic heterocycles. The fourth-order valence-electron chi connectivity index (χ4n) is 2.27. The van der Waals surface area contributed by atoms with E-state index in [0.717, 1.165) is 25.3 Å². The lowest BCUT2D eigenvalue weighted by molar-refractivity contribution is 0.315. The zero-order valence-electron chi connectivity index (χ0n) is 12.5. The zero-order valence-corrected chi connectivity index (χ0v) is 13.3. The number of ether oxygens (including phenoxy) is 1. The van der Waals surface area contributed by atoms with Gasteiger partial charge in [0.1, 0.15) is 5.75 Å². The van der Waals surface area contributed by atoms with Gasteiger partial charge in [0, 0.05) is 18.0 Å². The van der Waals surface area contributed by atoms with Gasteiger partial charge in [0.05, 0.1) is 6.61 Å². The van der Waals surface area contributed by atoms with Crippen LogP contribution in [0.4, 0.5) is 0 Å². The van der Waals surface area contributed by atoms with Gasteiger partial charge in [-0.15, -0.1) is 0 Å². The summed E-state index contributed by atoms with van der Waals surface area (Å²) >= 11 is 1.74. The molecule has 2 rings (SSSR count). The lowest BCUT2D eigenvalue weighted by Gasteiger charge is -2.18. The standard InChI is InChI=1S/C17H23NOS/c1-4-18-14(3)16-11-13(2)5-6-17(16)19-9-7-15-8-10-20-12-15/h5-6,8,10-12,14,18H,4,7,9H2,1-3H3. The van der Waals surface area contributed by atoms with Crippen LogP contribution in [0.25, 0.3) is 0 Å². The fraction of sp³-hybridized carbons (Fsp3) is 0.412. The number of benzene rings is 1. The summed E-state index contributed by atoms with van der Waals surface area (Å²) in [5.41, 5.74) is 3.87. The first-order valence-electron chi connectivity index (χ1n) is 7.18. The van der Waals surface area contributed by atoms with E-state index in [1.54, 1.807) is 11.3 Å². The molecule has 1 aromatic carbocycles. The molecule has 3 heteroatoms. The molecule has 0 amide bonds. The van der Waals surface area contributed by atoms with Crippen LogP contribution in [0.1, 0.15) is 36.6 Å². The van der Waals surface area contributed by atoms with Gasteiger partial charge in [0.2, 0.25) is 0 Å². The average molecular weight is 289 g/mol. The van der Waals surface area contributed by atoms with Gasteiger partial charge in [-0.05, 0) is 48.8 Å². The van der Waals surface area contributed by atoms with E-state index in [9.17, 15) is 0 Å². The van der Waals surface area contributed by atoms with Crippen molar-refractivity contribution in [1.82, 2.24) is 5.32 Å². The summed E-state index contributed by atoms with van der Waals surface area (Å²) < 4.78 is 6.00. The molecule has 1 N–H and O–H groups in total. The molecular weight excluding hydrogens is 266 g/mol. The van der Waals surface area contributed by atoms with E-state index in [1.807, 2.05) is 0 Å². The summed E-state index contributed by atoms with van der Waals surface area (Å²) in [6.45, 7) is 8.12. The minimum Gasteiger partial charge on any atom is -0.493 e. The zero-order chi connectivity index (χ0) is 14.4. The van der Waals surface area contributed by atoms with Crippen molar-refractivity contribution in [2.75, 3.05) is 13.2 Å². The third kappa shape index (κ3) is 4.09. The first kappa shape index (κ1) is 15.1. The van der Waals surface area contributed by atoms with Gasteiger partial charge in [0.15, 0.2) is 0 Å². The highest BCUT2D eigenvalue weighted by atomic mass is 32.1. The molecule has 1 atom stereocenters. The number of thiophene rings is 1. The Morgan fingerprint density at radius 2 is 2.15 bits per heavy atom. The van der Waals surface area contributed by atoms with Gasteiger partial charge < -0.3 is 10.1 Å². The predicted molar refractivity (Wildman–Crippen MR) is 86.8 cm³/mol. The Labute approximate surface area is 125 Å². The first-order chi connectivity index (χ1) is 9.70. The average Bonchev–Trinajstić information content (AvgIpc) is 2.94. The smallest absolute Gasteiger partial charge is 0.124 e. The summed E-state index contributed by atoms with van der Waals surface area (Å²) in [7, 11) is 0. The van der Waals surface area contributed by atoms with E-state index >= 15 is 0 Å². The fourth-order valence-corrected chi connectivity index (χ4v) is 2.97. The molecule has 0 aliphatic heterocycles. The second kappa shape index (κ2) is 7.46. The highest BCUT2D eigenvalue weighted by Crippen LogP contribution is 2.26. The molecule has 0 aliphatic rings. The van der Waals surface area contributed by atoms with Crippen molar-refractivity contribution in [2.45, 2.75) is 33.2 Å². The maximum absolute atomic E-state index is 6.00. The van der Waals surface area contributed by atoms with Crippen LogP contribution >= 0.6 is 11.3 Å². The molecule has 0 bridgehead atoms. The molecule has 108 valence electrons. The predicted octanol–water partition coefficient (Wildman–Crippen LogP) is 4.35. The summed E-state index contributed by atoms with van der Waals surface area (Å²) in [4.78, 5) is 0. The summed E-state index contributed by atoms with van der Waals surface area (Å²) in [6.07, 6.45) is 0.965. The van der Waals surface area contributed by atoms with Gasteiger partial charge in [-0.25, -0.2) is 0 Å². The molecule has 1 unspecified atom stereocenters. The monoisotopic (exact) mass is 289 g/mol. The van der Waals surface area contributed by atoms with Crippen LogP contribution in [0.2, 0.25) is 0 Å². The number of nitrogens with one attached hydrogen (secondary N) is 1. The molecule has 0 saturated carbocycles. The minimum atomic E-state index is 0.316. The highest BCUT2D eigenvalue weighted by Gasteiger charge is 2.11. The topological polar surface area (TPSA) is 21.3 Å². The van der Waals surface area contributed by atoms with Crippen LogP contribution < -0.4 is 10.1 Å². The van der Waals surface area contributed by atoms with Gasteiger partial charge >= 0.3 is 0 Å². The molecule has 2 nitrogen and oxygen atoms in total. The SMILES string of the molecule is CCNC(C)c1cc(C)ccc1OCCc1ccsc1. The highest BCUT2D eigenvalue weighted by molar-refractivity contribution is 7.07. The normalized spacial score (nSPS) is 12.3. The lowest BCUT2D eigenvalue weighted by Crippen LogP contribution is -2.19. The number of rotatable bonds is 7. The molecule has 1 heterocycles. The Morgan fingerprint density at radius 1 is 1.30 bits per heavy atom. The van der Waals surface area contributed by atoms with E-state index in [2.05, 4.69) is 61.1 Å². The van der Waals surface area contributed by atoms with Crippen molar-refractivity contribution in [2.24, 2.45) is 0 Å². The first-order valence-corrected chi connectivity index (χ1v) is 8.12. The van der Waals surface area contributed by atoms with Crippen LogP contribution in [-0.4, -0.2) is 13.2 Å². The second-order valence-electron chi connectivity index (χ2n) is 5.05. The van der Waals surface area contributed by atoms with Gasteiger partial charge in [-0.3, -0.25) is 0 Å². The van der Waals surface area contributed by atoms with Crippen molar-refractivity contribution < 1.29 is 4.74 Å². The van der Waals surface area contributed by atoms with E-state index in [0.29, 0.717) is 6.04 Å². The van der Waals surface area contributed by atoms with E-state index in [1.165, 1.54) is 16.7 Å². The Morgan fingerprint density at radius 3 is 2.85 bits per heavy atom. The van der Waals surface area contributed by atoms with Crippen LogP contribution in [0.15, 0.2) is 35.0 Å². The van der Waals surface area contributed by atoms with E-state index in [-0.39, 0.29) is 0 Å². The van der Waals surface area contributed by atoms with Crippen molar-refractivity contribution in [1.29, 1.82) is 0 Å². The molecule has 0 radical (unpaired) electrons. The summed E-state index contributed by atoms with van der Waals surface area (Å²) in [5.74, 6) is 0.999. The number of hydrogen-bond donors (Lipinski definition) is 1. The van der Waals surface area contributed by atoms with Gasteiger partial charge in [0.25, 0.3) is 0 Å². The second-order valence-corrected chi connectivity index (χ2v) is 5.83. The number of hydrogen-bond acceptors (Lipinski definition) is 3. The largest absolute Gasteiger partial charge is 0.493 e. The van der Waals surface area contributed by atoms with Crippen molar-refractivity contribution >= 4 is 11.3 Å². The minimum absolute atomic E-state index is 0.316. The van der Waals surface area contributed by atoms with Crippen LogP contribution in [0.5, 0.6) is 5.75 Å². The van der Waals surface area contributed by atoms with E-state index in [4.69, 9.17) is 4.74 Å². The number of aryl methyl sites for hydroxylation is 1. The Balaban J connectivity index is 2.02. The van der Waals surface area contributed by atoms with Crippen molar-refractivity contribution in [3.8, 4) is 5.75 Å². The summed E-state index contributed by atoms with van der Waals surface area (Å²) in [5, 5.41) is 7.75. The molecule has 0 spiro atoms. The quantitative estimate of drug-likeness (QED) is 0.818. The van der Waals surface area contributed by atoms with Crippen molar-refractivity contribution in [3.63, 3.8) is 0 Å². The van der Waals surface area contributed by atoms with E-state index < -0.39 is 0 Å². The lowest BCUT2D eigenvalue weighted by atomic mass is 10.0. The van der Waals surface area contributed by atoms with Crippen molar-refractivity contribution in [3.05, 3.63) is 51.7 Å². The third-order valence-electron chi connectivity index (χ3n) is 3.37. The maximum atomic E-state index is 6.00. The Bertz CT molecular complexity index is 522. The van der Waals surface area contributed by atoms with Crippen LogP contribution in [0.3, 0.4) is 0 Å². The van der Waals surface area contributed by atoms with Crippen LogP contribution in [0, 0.1) is 6.92 Å². The molecule has 20 heavy (non-hydrogen) atoms. The third-order valence-corrected chi connectivity index (χ3v) is 4.10. The molecule has 2 aromatic rings. The van der Waals surface area contributed by atoms with Crippen LogP contribution in [-0.2, 0) is 6.42 Å². The Kier molecular flexibility index (Phi) is 5.62.